The van der Waals surface area contributed by atoms with E-state index >= 15 is 0 Å². The number of H-pyrrole nitrogens is 1. The molecule has 0 fully saturated rings. The lowest BCUT2D eigenvalue weighted by Crippen LogP contribution is -2.09. The fraction of sp³-hybridized carbons (Fsp3) is 0.286. The average Bonchev–Trinajstić information content (AvgIpc) is 2.99. The maximum atomic E-state index is 10.7. The van der Waals surface area contributed by atoms with Crippen LogP contribution in [0.25, 0.3) is 10.9 Å². The Bertz CT molecular complexity index is 919. The first kappa shape index (κ1) is 17.9. The predicted octanol–water partition coefficient (Wildman–Crippen LogP) is 4.99. The van der Waals surface area contributed by atoms with Crippen molar-refractivity contribution >= 4 is 16.9 Å². The second-order valence-corrected chi connectivity index (χ2v) is 6.44. The smallest absolute Gasteiger partial charge is 0.341 e. The van der Waals surface area contributed by atoms with Gasteiger partial charge in [0.1, 0.15) is 17.2 Å². The second kappa shape index (κ2) is 7.52. The van der Waals surface area contributed by atoms with E-state index in [1.54, 1.807) is 12.1 Å². The highest BCUT2D eigenvalue weighted by Gasteiger charge is 2.11. The lowest BCUT2D eigenvalue weighted by molar-refractivity contribution is -0.139. The van der Waals surface area contributed by atoms with Crippen molar-refractivity contribution in [3.63, 3.8) is 0 Å². The molecule has 0 saturated carbocycles. The first-order valence-electron chi connectivity index (χ1n) is 8.71. The first-order chi connectivity index (χ1) is 12.5. The highest BCUT2D eigenvalue weighted by Crippen LogP contribution is 2.34. The van der Waals surface area contributed by atoms with Crippen LogP contribution in [0.5, 0.6) is 17.2 Å². The Hall–Kier alpha value is -2.95. The minimum Gasteiger partial charge on any atom is -0.482 e. The summed E-state index contributed by atoms with van der Waals surface area (Å²) in [5.41, 5.74) is 4.19. The van der Waals surface area contributed by atoms with Gasteiger partial charge in [0.2, 0.25) is 0 Å². The van der Waals surface area contributed by atoms with Crippen molar-refractivity contribution in [1.29, 1.82) is 0 Å². The molecule has 0 aliphatic heterocycles. The number of rotatable bonds is 7. The number of carboxylic acids is 1. The summed E-state index contributed by atoms with van der Waals surface area (Å²) in [6, 6.07) is 9.62. The molecular formula is C21H23NO4. The van der Waals surface area contributed by atoms with Crippen LogP contribution >= 0.6 is 0 Å². The molecule has 0 aliphatic carbocycles. The Labute approximate surface area is 152 Å². The van der Waals surface area contributed by atoms with Crippen molar-refractivity contribution in [3.05, 3.63) is 53.2 Å². The number of fused-ring (bicyclic) bond motifs is 1. The van der Waals surface area contributed by atoms with Gasteiger partial charge in [0, 0.05) is 17.1 Å². The molecule has 0 aliphatic rings. The fourth-order valence-corrected chi connectivity index (χ4v) is 3.11. The minimum absolute atomic E-state index is 0.358. The third-order valence-corrected chi connectivity index (χ3v) is 4.27. The van der Waals surface area contributed by atoms with Crippen molar-refractivity contribution in [3.8, 4) is 17.2 Å². The van der Waals surface area contributed by atoms with Crippen molar-refractivity contribution in [2.45, 2.75) is 33.6 Å². The number of carbonyl (C=O) groups is 1. The van der Waals surface area contributed by atoms with Gasteiger partial charge in [-0.15, -0.1) is 0 Å². The highest BCUT2D eigenvalue weighted by atomic mass is 16.5. The minimum atomic E-state index is -0.997. The molecular weight excluding hydrogens is 330 g/mol. The molecule has 1 heterocycles. The number of nitrogens with one attached hydrogen (secondary N) is 1. The number of aromatic nitrogens is 1. The van der Waals surface area contributed by atoms with E-state index in [0.29, 0.717) is 5.75 Å². The third-order valence-electron chi connectivity index (χ3n) is 4.27. The number of aromatic amines is 1. The molecule has 0 amide bonds. The highest BCUT2D eigenvalue weighted by molar-refractivity contribution is 5.84. The number of hydrogen-bond donors (Lipinski definition) is 2. The summed E-state index contributed by atoms with van der Waals surface area (Å²) in [4.78, 5) is 14.0. The van der Waals surface area contributed by atoms with Crippen LogP contribution in [0, 0.1) is 13.8 Å². The maximum Gasteiger partial charge on any atom is 0.341 e. The molecule has 0 spiro atoms. The summed E-state index contributed by atoms with van der Waals surface area (Å²) in [5, 5.41) is 9.92. The van der Waals surface area contributed by atoms with Crippen LogP contribution < -0.4 is 9.47 Å². The van der Waals surface area contributed by atoms with Crippen molar-refractivity contribution in [1.82, 2.24) is 4.98 Å². The standard InChI is InChI=1S/C21H23NO4/c1-4-5-15-11-22-19-7-6-16(10-18(15)19)26-21-13(2)8-17(9-14(21)3)25-12-20(23)24/h6-11,22H,4-5,12H2,1-3H3,(H,23,24). The fourth-order valence-electron chi connectivity index (χ4n) is 3.11. The van der Waals surface area contributed by atoms with Crippen LogP contribution in [-0.2, 0) is 11.2 Å². The lowest BCUT2D eigenvalue weighted by Gasteiger charge is -2.14. The predicted molar refractivity (Wildman–Crippen MR) is 101 cm³/mol. The van der Waals surface area contributed by atoms with Gasteiger partial charge in [-0.1, -0.05) is 13.3 Å². The molecule has 3 rings (SSSR count). The quantitative estimate of drug-likeness (QED) is 0.627. The van der Waals surface area contributed by atoms with Gasteiger partial charge in [0.05, 0.1) is 0 Å². The van der Waals surface area contributed by atoms with Gasteiger partial charge in [-0.3, -0.25) is 0 Å². The molecule has 0 atom stereocenters. The van der Waals surface area contributed by atoms with Crippen LogP contribution in [0.2, 0.25) is 0 Å². The number of ether oxygens (including phenoxy) is 2. The molecule has 0 radical (unpaired) electrons. The Morgan fingerprint density at radius 3 is 2.50 bits per heavy atom. The lowest BCUT2D eigenvalue weighted by atomic mass is 10.1. The van der Waals surface area contributed by atoms with E-state index in [0.717, 1.165) is 41.0 Å². The van der Waals surface area contributed by atoms with Crippen molar-refractivity contribution in [2.24, 2.45) is 0 Å². The summed E-state index contributed by atoms with van der Waals surface area (Å²) in [6.45, 7) is 5.66. The monoisotopic (exact) mass is 353 g/mol. The summed E-state index contributed by atoms with van der Waals surface area (Å²) < 4.78 is 11.4. The van der Waals surface area contributed by atoms with Gasteiger partial charge in [-0.05, 0) is 67.3 Å². The van der Waals surface area contributed by atoms with E-state index in [1.165, 1.54) is 10.9 Å². The summed E-state index contributed by atoms with van der Waals surface area (Å²) in [6.07, 6.45) is 4.17. The molecule has 0 unspecified atom stereocenters. The number of hydrogen-bond acceptors (Lipinski definition) is 3. The summed E-state index contributed by atoms with van der Waals surface area (Å²) >= 11 is 0. The molecule has 0 saturated heterocycles. The van der Waals surface area contributed by atoms with E-state index in [-0.39, 0.29) is 6.61 Å². The number of carboxylic acid groups (broad SMARTS) is 1. The van der Waals surface area contributed by atoms with Crippen molar-refractivity contribution in [2.75, 3.05) is 6.61 Å². The number of benzene rings is 2. The second-order valence-electron chi connectivity index (χ2n) is 6.44. The van der Waals surface area contributed by atoms with Gasteiger partial charge < -0.3 is 19.6 Å². The molecule has 0 bridgehead atoms. The zero-order valence-corrected chi connectivity index (χ0v) is 15.3. The van der Waals surface area contributed by atoms with E-state index in [1.807, 2.05) is 26.0 Å². The summed E-state index contributed by atoms with van der Waals surface area (Å²) in [5.74, 6) is 1.07. The SMILES string of the molecule is CCCc1c[nH]c2ccc(Oc3c(C)cc(OCC(=O)O)cc3C)cc12. The summed E-state index contributed by atoms with van der Waals surface area (Å²) in [7, 11) is 0. The zero-order chi connectivity index (χ0) is 18.7. The molecule has 5 heteroatoms. The van der Waals surface area contributed by atoms with E-state index in [2.05, 4.69) is 24.2 Å². The van der Waals surface area contributed by atoms with Gasteiger partial charge in [0.25, 0.3) is 0 Å². The topological polar surface area (TPSA) is 71.5 Å². The first-order valence-corrected chi connectivity index (χ1v) is 8.71. The Morgan fingerprint density at radius 2 is 1.85 bits per heavy atom. The average molecular weight is 353 g/mol. The largest absolute Gasteiger partial charge is 0.482 e. The molecule has 2 N–H and O–H groups in total. The van der Waals surface area contributed by atoms with Gasteiger partial charge in [0.15, 0.2) is 6.61 Å². The van der Waals surface area contributed by atoms with Crippen molar-refractivity contribution < 1.29 is 19.4 Å². The Balaban J connectivity index is 1.87. The van der Waals surface area contributed by atoms with Gasteiger partial charge in [-0.2, -0.15) is 0 Å². The third kappa shape index (κ3) is 3.82. The van der Waals surface area contributed by atoms with Crippen LogP contribution in [0.4, 0.5) is 0 Å². The molecule has 2 aromatic carbocycles. The van der Waals surface area contributed by atoms with Crippen LogP contribution in [0.3, 0.4) is 0 Å². The maximum absolute atomic E-state index is 10.7. The molecule has 136 valence electrons. The number of aryl methyl sites for hydroxylation is 3. The molecule has 1 aromatic heterocycles. The number of aliphatic carboxylic acids is 1. The van der Waals surface area contributed by atoms with Gasteiger partial charge >= 0.3 is 5.97 Å². The zero-order valence-electron chi connectivity index (χ0n) is 15.3. The van der Waals surface area contributed by atoms with Crippen LogP contribution in [0.1, 0.15) is 30.0 Å². The molecule has 5 nitrogen and oxygen atoms in total. The van der Waals surface area contributed by atoms with Gasteiger partial charge in [-0.25, -0.2) is 4.79 Å². The molecule has 3 aromatic rings. The Morgan fingerprint density at radius 1 is 1.12 bits per heavy atom. The van der Waals surface area contributed by atoms with Crippen LogP contribution in [0.15, 0.2) is 36.5 Å². The normalized spacial score (nSPS) is 10.9. The molecule has 26 heavy (non-hydrogen) atoms. The van der Waals surface area contributed by atoms with Crippen LogP contribution in [-0.4, -0.2) is 22.7 Å². The van der Waals surface area contributed by atoms with E-state index < -0.39 is 5.97 Å². The van der Waals surface area contributed by atoms with E-state index in [4.69, 9.17) is 14.6 Å². The Kier molecular flexibility index (Phi) is 5.16. The van der Waals surface area contributed by atoms with E-state index in [9.17, 15) is 4.79 Å².